The summed E-state index contributed by atoms with van der Waals surface area (Å²) in [5.74, 6) is 0.0154. The molecule has 0 unspecified atom stereocenters. The Bertz CT molecular complexity index is 972. The van der Waals surface area contributed by atoms with Crippen molar-refractivity contribution in [1.82, 2.24) is 4.98 Å². The molecule has 1 amide bonds. The van der Waals surface area contributed by atoms with Gasteiger partial charge < -0.3 is 0 Å². The summed E-state index contributed by atoms with van der Waals surface area (Å²) in [6, 6.07) is 15.4. The molecule has 0 aliphatic carbocycles. The molecule has 0 atom stereocenters. The van der Waals surface area contributed by atoms with Crippen molar-refractivity contribution in [3.8, 4) is 11.3 Å². The van der Waals surface area contributed by atoms with Crippen LogP contribution in [-0.4, -0.2) is 10.9 Å². The van der Waals surface area contributed by atoms with Crippen LogP contribution >= 0.6 is 34.5 Å². The lowest BCUT2D eigenvalue weighted by Gasteiger charge is -2.20. The number of halogens is 2. The highest BCUT2D eigenvalue weighted by molar-refractivity contribution is 7.16. The van der Waals surface area contributed by atoms with E-state index >= 15 is 0 Å². The number of rotatable bonds is 8. The van der Waals surface area contributed by atoms with Gasteiger partial charge in [-0.25, -0.2) is 4.98 Å². The molecule has 3 aromatic rings. The van der Waals surface area contributed by atoms with Crippen molar-refractivity contribution < 1.29 is 4.79 Å². The Kier molecular flexibility index (Phi) is 7.70. The van der Waals surface area contributed by atoms with E-state index in [4.69, 9.17) is 28.2 Å². The van der Waals surface area contributed by atoms with E-state index in [1.165, 1.54) is 4.88 Å². The normalized spacial score (nSPS) is 10.9. The third-order valence-corrected chi connectivity index (χ3v) is 6.40. The van der Waals surface area contributed by atoms with Gasteiger partial charge in [-0.05, 0) is 31.0 Å². The monoisotopic (exact) mass is 446 g/mol. The Hall–Kier alpha value is -1.88. The maximum Gasteiger partial charge on any atom is 0.233 e. The van der Waals surface area contributed by atoms with Crippen molar-refractivity contribution in [2.75, 3.05) is 4.90 Å². The van der Waals surface area contributed by atoms with Crippen molar-refractivity contribution >= 4 is 51.3 Å². The predicted molar refractivity (Wildman–Crippen MR) is 125 cm³/mol. The van der Waals surface area contributed by atoms with Gasteiger partial charge >= 0.3 is 0 Å². The van der Waals surface area contributed by atoms with Gasteiger partial charge in [0.25, 0.3) is 0 Å². The van der Waals surface area contributed by atoms with Crippen LogP contribution in [0.1, 0.15) is 44.4 Å². The highest BCUT2D eigenvalue weighted by Crippen LogP contribution is 2.39. The first-order valence-electron chi connectivity index (χ1n) is 9.88. The van der Waals surface area contributed by atoms with Crippen LogP contribution in [0.3, 0.4) is 0 Å². The van der Waals surface area contributed by atoms with Gasteiger partial charge in [0.2, 0.25) is 5.91 Å². The molecular formula is C23H24Cl2N2OS. The Labute approximate surface area is 186 Å². The zero-order chi connectivity index (χ0) is 20.8. The fourth-order valence-electron chi connectivity index (χ4n) is 3.08. The van der Waals surface area contributed by atoms with Crippen molar-refractivity contribution in [1.29, 1.82) is 0 Å². The van der Waals surface area contributed by atoms with Crippen LogP contribution in [0.2, 0.25) is 10.0 Å². The third kappa shape index (κ3) is 5.19. The van der Waals surface area contributed by atoms with Crippen LogP contribution < -0.4 is 4.90 Å². The maximum atomic E-state index is 13.1. The molecule has 0 aliphatic heterocycles. The smallest absolute Gasteiger partial charge is 0.233 e. The van der Waals surface area contributed by atoms with Crippen molar-refractivity contribution in [2.24, 2.45) is 0 Å². The number of carbonyl (C=O) groups excluding carboxylic acids is 1. The number of aryl methyl sites for hydroxylation is 1. The molecule has 2 aromatic carbocycles. The minimum absolute atomic E-state index is 0.0154. The van der Waals surface area contributed by atoms with Crippen LogP contribution in [0, 0.1) is 0 Å². The SMILES string of the molecule is CCCCC(=O)N(c1ccc(Cl)c(Cl)c1)c1nc(-c2ccccc2)c(CCC)s1. The second-order valence-corrected chi connectivity index (χ2v) is 8.69. The molecule has 6 heteroatoms. The number of anilines is 2. The van der Waals surface area contributed by atoms with E-state index in [0.717, 1.165) is 36.9 Å². The van der Waals surface area contributed by atoms with E-state index in [-0.39, 0.29) is 5.91 Å². The highest BCUT2D eigenvalue weighted by Gasteiger charge is 2.24. The minimum Gasteiger partial charge on any atom is -0.274 e. The lowest BCUT2D eigenvalue weighted by molar-refractivity contribution is -0.118. The molecule has 0 fully saturated rings. The van der Waals surface area contributed by atoms with Gasteiger partial charge in [-0.1, -0.05) is 80.2 Å². The summed E-state index contributed by atoms with van der Waals surface area (Å²) < 4.78 is 0. The molecule has 0 radical (unpaired) electrons. The number of amides is 1. The summed E-state index contributed by atoms with van der Waals surface area (Å²) in [6.45, 7) is 4.23. The Balaban J connectivity index is 2.09. The molecule has 1 heterocycles. The number of unbranched alkanes of at least 4 members (excludes halogenated alkanes) is 1. The van der Waals surface area contributed by atoms with Gasteiger partial charge in [-0.15, -0.1) is 11.3 Å². The van der Waals surface area contributed by atoms with Crippen LogP contribution in [0.4, 0.5) is 10.8 Å². The number of hydrogen-bond donors (Lipinski definition) is 0. The van der Waals surface area contributed by atoms with Crippen molar-refractivity contribution in [3.63, 3.8) is 0 Å². The van der Waals surface area contributed by atoms with Gasteiger partial charge in [0, 0.05) is 16.9 Å². The summed E-state index contributed by atoms with van der Waals surface area (Å²) >= 11 is 13.9. The minimum atomic E-state index is 0.0154. The van der Waals surface area contributed by atoms with Crippen LogP contribution in [0.5, 0.6) is 0 Å². The van der Waals surface area contributed by atoms with E-state index in [2.05, 4.69) is 26.0 Å². The fourth-order valence-corrected chi connectivity index (χ4v) is 4.59. The van der Waals surface area contributed by atoms with Gasteiger partial charge in [-0.2, -0.15) is 0 Å². The summed E-state index contributed by atoms with van der Waals surface area (Å²) in [6.07, 6.45) is 4.17. The van der Waals surface area contributed by atoms with E-state index < -0.39 is 0 Å². The standard InChI is InChI=1S/C23H24Cl2N2OS/c1-3-5-12-21(28)27(17-13-14-18(24)19(25)15-17)23-26-22(20(29-23)9-4-2)16-10-7-6-8-11-16/h6-8,10-11,13-15H,3-5,9,12H2,1-2H3. The van der Waals surface area contributed by atoms with Crippen molar-refractivity contribution in [3.05, 3.63) is 63.5 Å². The maximum absolute atomic E-state index is 13.1. The molecule has 3 nitrogen and oxygen atoms in total. The first-order chi connectivity index (χ1) is 14.0. The zero-order valence-electron chi connectivity index (χ0n) is 16.6. The van der Waals surface area contributed by atoms with E-state index in [1.807, 2.05) is 24.3 Å². The average molecular weight is 447 g/mol. The first kappa shape index (κ1) is 21.8. The second-order valence-electron chi connectivity index (χ2n) is 6.82. The zero-order valence-corrected chi connectivity index (χ0v) is 18.9. The largest absolute Gasteiger partial charge is 0.274 e. The van der Waals surface area contributed by atoms with Crippen LogP contribution in [-0.2, 0) is 11.2 Å². The first-order valence-corrected chi connectivity index (χ1v) is 11.5. The lowest BCUT2D eigenvalue weighted by atomic mass is 10.1. The summed E-state index contributed by atoms with van der Waals surface area (Å²) in [5.41, 5.74) is 2.70. The van der Waals surface area contributed by atoms with E-state index in [0.29, 0.717) is 27.3 Å². The molecule has 29 heavy (non-hydrogen) atoms. The van der Waals surface area contributed by atoms with Gasteiger partial charge in [0.1, 0.15) is 0 Å². The van der Waals surface area contributed by atoms with Crippen molar-refractivity contribution in [2.45, 2.75) is 46.0 Å². The molecule has 0 spiro atoms. The fraction of sp³-hybridized carbons (Fsp3) is 0.304. The Morgan fingerprint density at radius 3 is 2.45 bits per heavy atom. The lowest BCUT2D eigenvalue weighted by Crippen LogP contribution is -2.25. The molecule has 0 N–H and O–H groups in total. The molecule has 0 saturated heterocycles. The summed E-state index contributed by atoms with van der Waals surface area (Å²) in [5, 5.41) is 1.56. The number of aromatic nitrogens is 1. The van der Waals surface area contributed by atoms with Gasteiger partial charge in [0.15, 0.2) is 5.13 Å². The predicted octanol–water partition coefficient (Wildman–Crippen LogP) is 7.92. The molecule has 0 saturated carbocycles. The second kappa shape index (κ2) is 10.2. The van der Waals surface area contributed by atoms with E-state index in [1.54, 1.807) is 28.4 Å². The number of thiazole rings is 1. The quantitative estimate of drug-likeness (QED) is 0.351. The number of benzene rings is 2. The molecule has 0 aliphatic rings. The Morgan fingerprint density at radius 2 is 1.79 bits per heavy atom. The molecule has 0 bridgehead atoms. The highest BCUT2D eigenvalue weighted by atomic mass is 35.5. The molecule has 152 valence electrons. The van der Waals surface area contributed by atoms with E-state index in [9.17, 15) is 4.79 Å². The van der Waals surface area contributed by atoms with Crippen LogP contribution in [0.25, 0.3) is 11.3 Å². The number of hydrogen-bond acceptors (Lipinski definition) is 3. The van der Waals surface area contributed by atoms with Gasteiger partial charge in [0.05, 0.1) is 21.4 Å². The average Bonchev–Trinajstić information content (AvgIpc) is 3.13. The Morgan fingerprint density at radius 1 is 1.03 bits per heavy atom. The molecular weight excluding hydrogens is 423 g/mol. The number of nitrogens with zero attached hydrogens (tertiary/aromatic N) is 2. The third-order valence-electron chi connectivity index (χ3n) is 4.56. The molecule has 3 rings (SSSR count). The molecule has 1 aromatic heterocycles. The van der Waals surface area contributed by atoms with Gasteiger partial charge in [-0.3, -0.25) is 9.69 Å². The van der Waals surface area contributed by atoms with Crippen LogP contribution in [0.15, 0.2) is 48.5 Å². The topological polar surface area (TPSA) is 33.2 Å². The summed E-state index contributed by atoms with van der Waals surface area (Å²) in [4.78, 5) is 20.9. The number of carbonyl (C=O) groups is 1. The summed E-state index contributed by atoms with van der Waals surface area (Å²) in [7, 11) is 0.